The quantitative estimate of drug-likeness (QED) is 0.393. The van der Waals surface area contributed by atoms with E-state index in [-0.39, 0.29) is 10.0 Å². The number of likely N-dealkylation sites (N-methyl/N-ethyl adjacent to an activating group) is 1. The number of rotatable bonds is 6. The van der Waals surface area contributed by atoms with E-state index in [0.29, 0.717) is 29.4 Å². The number of fused-ring (bicyclic) bond motifs is 3. The second-order valence-corrected chi connectivity index (χ2v) is 12.0. The predicted octanol–water partition coefficient (Wildman–Crippen LogP) is 3.05. The number of alkyl halides is 2. The normalized spacial score (nSPS) is 18.1. The van der Waals surface area contributed by atoms with Crippen molar-refractivity contribution in [2.75, 3.05) is 38.1 Å². The van der Waals surface area contributed by atoms with Gasteiger partial charge in [0.15, 0.2) is 5.01 Å². The highest BCUT2D eigenvalue weighted by Crippen LogP contribution is 2.40. The fourth-order valence-electron chi connectivity index (χ4n) is 4.65. The topological polar surface area (TPSA) is 120 Å². The number of anilines is 1. The average Bonchev–Trinajstić information content (AvgIpc) is 3.32. The van der Waals surface area contributed by atoms with Gasteiger partial charge in [-0.25, -0.2) is 22.2 Å². The molecular weight excluding hydrogens is 522 g/mol. The third-order valence-corrected chi connectivity index (χ3v) is 9.31. The number of halogens is 2. The molecule has 14 heteroatoms. The fraction of sp³-hybridized carbons (Fsp3) is 0.391. The molecular formula is C23H22F2N8O2S2. The van der Waals surface area contributed by atoms with E-state index in [1.807, 2.05) is 12.1 Å². The van der Waals surface area contributed by atoms with Gasteiger partial charge in [-0.1, -0.05) is 17.4 Å². The summed E-state index contributed by atoms with van der Waals surface area (Å²) in [6, 6.07) is 8.62. The van der Waals surface area contributed by atoms with Gasteiger partial charge in [0, 0.05) is 37.8 Å². The maximum atomic E-state index is 13.4. The van der Waals surface area contributed by atoms with Crippen molar-refractivity contribution in [3.8, 4) is 11.2 Å². The molecule has 0 atom stereocenters. The lowest BCUT2D eigenvalue weighted by Crippen LogP contribution is -2.44. The van der Waals surface area contributed by atoms with Gasteiger partial charge in [0.1, 0.15) is 11.2 Å². The maximum absolute atomic E-state index is 13.4. The summed E-state index contributed by atoms with van der Waals surface area (Å²) in [5, 5.41) is 18.2. The first-order chi connectivity index (χ1) is 17.7. The molecule has 1 saturated carbocycles. The van der Waals surface area contributed by atoms with Crippen molar-refractivity contribution in [2.45, 2.75) is 29.7 Å². The minimum Gasteiger partial charge on any atom is -0.368 e. The molecule has 6 rings (SSSR count). The van der Waals surface area contributed by atoms with E-state index in [4.69, 9.17) is 0 Å². The third-order valence-electron chi connectivity index (χ3n) is 6.86. The first-order valence-electron chi connectivity index (χ1n) is 11.7. The lowest BCUT2D eigenvalue weighted by atomic mass is 10.1. The Bertz CT molecular complexity index is 1670. The van der Waals surface area contributed by atoms with Gasteiger partial charge in [-0.15, -0.1) is 10.2 Å². The van der Waals surface area contributed by atoms with Crippen molar-refractivity contribution < 1.29 is 17.2 Å². The van der Waals surface area contributed by atoms with Crippen LogP contribution < -0.4 is 9.62 Å². The van der Waals surface area contributed by atoms with Crippen LogP contribution in [-0.4, -0.2) is 71.8 Å². The molecule has 2 aliphatic rings. The molecule has 37 heavy (non-hydrogen) atoms. The minimum atomic E-state index is -4.02. The number of hydrogen-bond donors (Lipinski definition) is 1. The molecule has 1 aliphatic heterocycles. The molecule has 0 radical (unpaired) electrons. The van der Waals surface area contributed by atoms with Crippen LogP contribution in [0, 0.1) is 11.3 Å². The van der Waals surface area contributed by atoms with E-state index in [2.05, 4.69) is 36.8 Å². The highest BCUT2D eigenvalue weighted by molar-refractivity contribution is 7.89. The van der Waals surface area contributed by atoms with Crippen LogP contribution in [0.2, 0.25) is 0 Å². The zero-order valence-electron chi connectivity index (χ0n) is 19.7. The van der Waals surface area contributed by atoms with Gasteiger partial charge in [0.2, 0.25) is 15.2 Å². The number of nitrogens with zero attached hydrogens (tertiary/aromatic N) is 7. The lowest BCUT2D eigenvalue weighted by Gasteiger charge is -2.34. The van der Waals surface area contributed by atoms with Crippen LogP contribution in [-0.2, 0) is 10.0 Å². The van der Waals surface area contributed by atoms with Crippen LogP contribution in [0.1, 0.15) is 24.3 Å². The Morgan fingerprint density at radius 3 is 2.57 bits per heavy atom. The van der Waals surface area contributed by atoms with Crippen molar-refractivity contribution in [3.63, 3.8) is 0 Å². The molecule has 1 aliphatic carbocycles. The molecule has 3 aromatic heterocycles. The Hall–Kier alpha value is -3.25. The summed E-state index contributed by atoms with van der Waals surface area (Å²) >= 11 is 0.729. The number of hydrogen-bond acceptors (Lipinski definition) is 9. The number of aromatic nitrogens is 4. The summed E-state index contributed by atoms with van der Waals surface area (Å²) in [5.74, 6) is 0. The molecule has 1 saturated heterocycles. The van der Waals surface area contributed by atoms with Gasteiger partial charge in [0.25, 0.3) is 6.43 Å². The van der Waals surface area contributed by atoms with E-state index >= 15 is 0 Å². The molecule has 2 fully saturated rings. The Morgan fingerprint density at radius 2 is 1.92 bits per heavy atom. The SMILES string of the molecule is CN1CCN(c2ccnc3c2c2ccc(S(=O)(=O)NC4(C#N)CC4)cc2n3-c2nnc(C(F)F)s2)CC1. The highest BCUT2D eigenvalue weighted by Gasteiger charge is 2.46. The van der Waals surface area contributed by atoms with E-state index in [0.717, 1.165) is 48.6 Å². The number of benzene rings is 1. The third kappa shape index (κ3) is 4.11. The summed E-state index contributed by atoms with van der Waals surface area (Å²) in [6.45, 7) is 3.35. The van der Waals surface area contributed by atoms with Gasteiger partial charge >= 0.3 is 0 Å². The number of nitriles is 1. The minimum absolute atomic E-state index is 0.0367. The molecule has 10 nitrogen and oxygen atoms in total. The van der Waals surface area contributed by atoms with Crippen LogP contribution in [0.3, 0.4) is 0 Å². The maximum Gasteiger partial charge on any atom is 0.291 e. The van der Waals surface area contributed by atoms with Crippen LogP contribution in [0.25, 0.3) is 27.1 Å². The fourth-order valence-corrected chi connectivity index (χ4v) is 6.76. The molecule has 4 aromatic rings. The van der Waals surface area contributed by atoms with Gasteiger partial charge in [-0.3, -0.25) is 4.57 Å². The number of nitrogens with one attached hydrogen (secondary N) is 1. The van der Waals surface area contributed by atoms with Gasteiger partial charge in [-0.2, -0.15) is 9.98 Å². The second-order valence-electron chi connectivity index (χ2n) is 9.36. The number of sulfonamides is 1. The van der Waals surface area contributed by atoms with Crippen LogP contribution in [0.15, 0.2) is 35.4 Å². The highest BCUT2D eigenvalue weighted by atomic mass is 32.2. The largest absolute Gasteiger partial charge is 0.368 e. The van der Waals surface area contributed by atoms with Crippen molar-refractivity contribution >= 4 is 49.0 Å². The van der Waals surface area contributed by atoms with E-state index in [9.17, 15) is 22.5 Å². The molecule has 192 valence electrons. The lowest BCUT2D eigenvalue weighted by molar-refractivity contribution is 0.150. The Kier molecular flexibility index (Phi) is 5.64. The van der Waals surface area contributed by atoms with Crippen molar-refractivity contribution in [2.24, 2.45) is 0 Å². The van der Waals surface area contributed by atoms with E-state index in [1.165, 1.54) is 12.1 Å². The zero-order chi connectivity index (χ0) is 25.9. The van der Waals surface area contributed by atoms with Crippen LogP contribution >= 0.6 is 11.3 Å². The Morgan fingerprint density at radius 1 is 1.16 bits per heavy atom. The van der Waals surface area contributed by atoms with E-state index in [1.54, 1.807) is 16.8 Å². The zero-order valence-corrected chi connectivity index (χ0v) is 21.4. The summed E-state index contributed by atoms with van der Waals surface area (Å²) in [7, 11) is -1.95. The van der Waals surface area contributed by atoms with Gasteiger partial charge < -0.3 is 9.80 Å². The summed E-state index contributed by atoms with van der Waals surface area (Å²) in [6.07, 6.45) is -0.229. The number of pyridine rings is 1. The monoisotopic (exact) mass is 544 g/mol. The number of piperazine rings is 1. The van der Waals surface area contributed by atoms with Gasteiger partial charge in [0.05, 0.1) is 27.6 Å². The van der Waals surface area contributed by atoms with Crippen LogP contribution in [0.4, 0.5) is 14.5 Å². The first kappa shape index (κ1) is 24.1. The van der Waals surface area contributed by atoms with Crippen molar-refractivity contribution in [1.82, 2.24) is 29.4 Å². The molecule has 0 bridgehead atoms. The van der Waals surface area contributed by atoms with E-state index < -0.39 is 27.0 Å². The standard InChI is InChI=1S/C23H22F2N8O2S2/c1-31-8-10-32(11-9-31)16-4-7-27-20-18(16)15-3-2-14(37(34,35)30-23(13-26)5-6-23)12-17(15)33(20)22-29-28-21(36-22)19(24)25/h2-4,7,12,19,30H,5-6,8-11H2,1H3. The molecule has 1 aromatic carbocycles. The smallest absolute Gasteiger partial charge is 0.291 e. The molecule has 0 spiro atoms. The summed E-state index contributed by atoms with van der Waals surface area (Å²) < 4.78 is 57.2. The van der Waals surface area contributed by atoms with Crippen molar-refractivity contribution in [3.05, 3.63) is 35.5 Å². The summed E-state index contributed by atoms with van der Waals surface area (Å²) in [5.41, 5.74) is 0.769. The first-order valence-corrected chi connectivity index (χ1v) is 14.0. The molecule has 1 N–H and O–H groups in total. The molecule has 4 heterocycles. The Labute approximate surface area is 215 Å². The average molecular weight is 545 g/mol. The second kappa shape index (κ2) is 8.66. The predicted molar refractivity (Wildman–Crippen MR) is 135 cm³/mol. The summed E-state index contributed by atoms with van der Waals surface area (Å²) in [4.78, 5) is 9.01. The van der Waals surface area contributed by atoms with Crippen LogP contribution in [0.5, 0.6) is 0 Å². The van der Waals surface area contributed by atoms with Gasteiger partial charge in [-0.05, 0) is 38.1 Å². The Balaban J connectivity index is 1.58. The van der Waals surface area contributed by atoms with Crippen molar-refractivity contribution in [1.29, 1.82) is 5.26 Å². The molecule has 0 amide bonds. The molecule has 0 unspecified atom stereocenters.